The zero-order chi connectivity index (χ0) is 43.3. The molecular weight excluding hydrogens is 753 g/mol. The molecule has 2 aliphatic rings. The van der Waals surface area contributed by atoms with Crippen LogP contribution in [0.2, 0.25) is 0 Å². The van der Waals surface area contributed by atoms with Crippen molar-refractivity contribution in [2.75, 3.05) is 49.1 Å². The molecule has 2 heterocycles. The van der Waals surface area contributed by atoms with Gasteiger partial charge in [-0.1, -0.05) is 111 Å². The molecule has 0 bridgehead atoms. The lowest BCUT2D eigenvalue weighted by Gasteiger charge is -2.38. The molecule has 0 aliphatic carbocycles. The number of carboxylic acid groups (broad SMARTS) is 2. The van der Waals surface area contributed by atoms with E-state index in [2.05, 4.69) is 84.3 Å². The minimum atomic E-state index is -1.82. The van der Waals surface area contributed by atoms with Gasteiger partial charge in [0.1, 0.15) is 0 Å². The quantitative estimate of drug-likeness (QED) is 0.121. The standard InChI is InChI=1S/2C24H32N2O.C2H2O4/c2*1-3-24(27)26(23-12-8-5-9-13-23)19-20(2)25-16-14-22(15-17-25)18-21-10-6-4-7-11-21;3-1(4)2(5)6/h2*4-13,20,22H,3,14-19H2,1-2H3;(H,3,4)(H,5,6)/t2*20-;/m00./s1. The maximum absolute atomic E-state index is 12.5. The van der Waals surface area contributed by atoms with Crippen LogP contribution in [0.15, 0.2) is 121 Å². The monoisotopic (exact) mass is 818 g/mol. The lowest BCUT2D eigenvalue weighted by Crippen LogP contribution is -2.47. The van der Waals surface area contributed by atoms with Crippen molar-refractivity contribution < 1.29 is 29.4 Å². The molecule has 0 aromatic heterocycles. The number of carboxylic acids is 2. The average Bonchev–Trinajstić information content (AvgIpc) is 3.29. The number of rotatable bonds is 14. The number of para-hydroxylation sites is 2. The Morgan fingerprint density at radius 1 is 0.517 bits per heavy atom. The Labute approximate surface area is 357 Å². The number of amides is 2. The van der Waals surface area contributed by atoms with Gasteiger partial charge in [-0.2, -0.15) is 0 Å². The summed E-state index contributed by atoms with van der Waals surface area (Å²) in [5.74, 6) is -1.69. The molecule has 4 aromatic carbocycles. The Bertz CT molecular complexity index is 1710. The number of carbonyl (C=O) groups excluding carboxylic acids is 2. The van der Waals surface area contributed by atoms with Gasteiger partial charge in [0, 0.05) is 49.4 Å². The first-order valence-electron chi connectivity index (χ1n) is 21.7. The number of nitrogens with zero attached hydrogens (tertiary/aromatic N) is 4. The molecule has 4 aromatic rings. The molecule has 2 atom stereocenters. The summed E-state index contributed by atoms with van der Waals surface area (Å²) in [7, 11) is 0. The summed E-state index contributed by atoms with van der Waals surface area (Å²) in [6.07, 6.45) is 8.43. The van der Waals surface area contributed by atoms with Crippen molar-refractivity contribution in [3.8, 4) is 0 Å². The van der Waals surface area contributed by atoms with E-state index in [0.717, 1.165) is 62.5 Å². The van der Waals surface area contributed by atoms with E-state index in [0.29, 0.717) is 24.9 Å². The van der Waals surface area contributed by atoms with Gasteiger partial charge in [0.25, 0.3) is 0 Å². The first-order chi connectivity index (χ1) is 29.0. The molecule has 0 spiro atoms. The fourth-order valence-electron chi connectivity index (χ4n) is 8.15. The highest BCUT2D eigenvalue weighted by molar-refractivity contribution is 6.27. The summed E-state index contributed by atoms with van der Waals surface area (Å²) in [4.78, 5) is 52.2. The van der Waals surface area contributed by atoms with E-state index in [1.807, 2.05) is 84.3 Å². The molecule has 0 unspecified atom stereocenters. The normalized spacial score (nSPS) is 15.9. The minimum absolute atomic E-state index is 0.201. The molecule has 0 saturated carbocycles. The maximum Gasteiger partial charge on any atom is 0.414 e. The SMILES string of the molecule is CCC(=O)N(C[C@H](C)N1CCC(Cc2ccccc2)CC1)c1ccccc1.CCC(=O)N(C[C@H](C)N1CCC(Cc2ccccc2)CC1)c1ccccc1.O=C(O)C(=O)O. The topological polar surface area (TPSA) is 122 Å². The van der Waals surface area contributed by atoms with E-state index < -0.39 is 11.9 Å². The largest absolute Gasteiger partial charge is 0.473 e. The molecule has 0 radical (unpaired) electrons. The zero-order valence-corrected chi connectivity index (χ0v) is 36.1. The van der Waals surface area contributed by atoms with Crippen LogP contribution >= 0.6 is 0 Å². The molecule has 2 saturated heterocycles. The van der Waals surface area contributed by atoms with E-state index in [1.165, 1.54) is 49.7 Å². The van der Waals surface area contributed by atoms with E-state index in [4.69, 9.17) is 19.8 Å². The number of carbonyl (C=O) groups is 4. The zero-order valence-electron chi connectivity index (χ0n) is 36.1. The van der Waals surface area contributed by atoms with E-state index >= 15 is 0 Å². The number of anilines is 2. The van der Waals surface area contributed by atoms with Gasteiger partial charge >= 0.3 is 11.9 Å². The summed E-state index contributed by atoms with van der Waals surface area (Å²) in [6.45, 7) is 14.4. The van der Waals surface area contributed by atoms with Gasteiger partial charge in [-0.3, -0.25) is 19.4 Å². The molecule has 2 amide bonds. The van der Waals surface area contributed by atoms with Crippen LogP contribution in [0.4, 0.5) is 11.4 Å². The number of likely N-dealkylation sites (tertiary alicyclic amines) is 2. The second-order valence-corrected chi connectivity index (χ2v) is 16.0. The van der Waals surface area contributed by atoms with Crippen molar-refractivity contribution in [3.63, 3.8) is 0 Å². The fraction of sp³-hybridized carbons (Fsp3) is 0.440. The van der Waals surface area contributed by atoms with Crippen molar-refractivity contribution >= 4 is 35.1 Å². The second-order valence-electron chi connectivity index (χ2n) is 16.0. The summed E-state index contributed by atoms with van der Waals surface area (Å²) >= 11 is 0. The van der Waals surface area contributed by atoms with Crippen LogP contribution in [0.3, 0.4) is 0 Å². The maximum atomic E-state index is 12.5. The highest BCUT2D eigenvalue weighted by atomic mass is 16.4. The Morgan fingerprint density at radius 2 is 0.800 bits per heavy atom. The predicted octanol–water partition coefficient (Wildman–Crippen LogP) is 8.70. The van der Waals surface area contributed by atoms with Gasteiger partial charge in [-0.25, -0.2) is 9.59 Å². The third-order valence-electron chi connectivity index (χ3n) is 11.7. The minimum Gasteiger partial charge on any atom is -0.473 e. The number of hydrogen-bond donors (Lipinski definition) is 2. The van der Waals surface area contributed by atoms with Crippen molar-refractivity contribution in [2.45, 2.75) is 91.1 Å². The molecule has 10 nitrogen and oxygen atoms in total. The summed E-state index contributed by atoms with van der Waals surface area (Å²) < 4.78 is 0. The molecule has 60 heavy (non-hydrogen) atoms. The van der Waals surface area contributed by atoms with Crippen molar-refractivity contribution in [1.29, 1.82) is 0 Å². The highest BCUT2D eigenvalue weighted by Crippen LogP contribution is 2.26. The molecule has 10 heteroatoms. The first kappa shape index (κ1) is 47.4. The van der Waals surface area contributed by atoms with Gasteiger partial charge in [-0.15, -0.1) is 0 Å². The molecule has 2 fully saturated rings. The van der Waals surface area contributed by atoms with Crippen LogP contribution < -0.4 is 9.80 Å². The third kappa shape index (κ3) is 15.7. The average molecular weight is 819 g/mol. The van der Waals surface area contributed by atoms with Gasteiger partial charge in [0.05, 0.1) is 0 Å². The third-order valence-corrected chi connectivity index (χ3v) is 11.7. The lowest BCUT2D eigenvalue weighted by atomic mass is 9.89. The van der Waals surface area contributed by atoms with Crippen LogP contribution in [-0.2, 0) is 32.0 Å². The Kier molecular flexibility index (Phi) is 20.0. The summed E-state index contributed by atoms with van der Waals surface area (Å²) in [5.41, 5.74) is 4.92. The molecule has 6 rings (SSSR count). The fourth-order valence-corrected chi connectivity index (χ4v) is 8.15. The van der Waals surface area contributed by atoms with Crippen LogP contribution in [0.1, 0.15) is 77.3 Å². The second kappa shape index (κ2) is 25.3. The van der Waals surface area contributed by atoms with Crippen molar-refractivity contribution in [3.05, 3.63) is 132 Å². The van der Waals surface area contributed by atoms with E-state index in [1.54, 1.807) is 0 Å². The lowest BCUT2D eigenvalue weighted by molar-refractivity contribution is -0.159. The predicted molar refractivity (Wildman–Crippen MR) is 241 cm³/mol. The number of aliphatic carboxylic acids is 2. The van der Waals surface area contributed by atoms with Crippen LogP contribution in [0, 0.1) is 11.8 Å². The van der Waals surface area contributed by atoms with Crippen LogP contribution in [0.25, 0.3) is 0 Å². The number of hydrogen-bond acceptors (Lipinski definition) is 6. The van der Waals surface area contributed by atoms with Gasteiger partial charge in [-0.05, 0) is 126 Å². The summed E-state index contributed by atoms with van der Waals surface area (Å²) in [5, 5.41) is 14.8. The summed E-state index contributed by atoms with van der Waals surface area (Å²) in [6, 6.07) is 42.6. The van der Waals surface area contributed by atoms with Gasteiger partial charge in [0.2, 0.25) is 11.8 Å². The smallest absolute Gasteiger partial charge is 0.414 e. The highest BCUT2D eigenvalue weighted by Gasteiger charge is 2.27. The molecule has 322 valence electrons. The molecule has 2 aliphatic heterocycles. The Morgan fingerprint density at radius 3 is 1.07 bits per heavy atom. The van der Waals surface area contributed by atoms with E-state index in [-0.39, 0.29) is 11.8 Å². The van der Waals surface area contributed by atoms with Crippen molar-refractivity contribution in [2.24, 2.45) is 11.8 Å². The molecule has 2 N–H and O–H groups in total. The van der Waals surface area contributed by atoms with Gasteiger partial charge in [0.15, 0.2) is 0 Å². The molecular formula is C50H66N4O6. The van der Waals surface area contributed by atoms with Gasteiger partial charge < -0.3 is 20.0 Å². The number of piperidine rings is 2. The van der Waals surface area contributed by atoms with Crippen LogP contribution in [0.5, 0.6) is 0 Å². The Hall–Kier alpha value is -5.32. The Balaban J connectivity index is 0.000000233. The van der Waals surface area contributed by atoms with Crippen molar-refractivity contribution in [1.82, 2.24) is 9.80 Å². The van der Waals surface area contributed by atoms with Crippen LogP contribution in [-0.4, -0.2) is 95.1 Å². The number of benzene rings is 4. The first-order valence-corrected chi connectivity index (χ1v) is 21.7. The van der Waals surface area contributed by atoms with E-state index in [9.17, 15) is 9.59 Å².